The molecule has 2 rings (SSSR count). The van der Waals surface area contributed by atoms with Gasteiger partial charge in [0.25, 0.3) is 0 Å². The topological polar surface area (TPSA) is 79.5 Å². The number of rotatable bonds is 5. The van der Waals surface area contributed by atoms with Crippen LogP contribution in [-0.4, -0.2) is 20.1 Å². The molecule has 0 aliphatic heterocycles. The third-order valence-electron chi connectivity index (χ3n) is 3.17. The van der Waals surface area contributed by atoms with E-state index in [0.717, 1.165) is 0 Å². The molecule has 21 heavy (non-hydrogen) atoms. The molecule has 0 saturated heterocycles. The van der Waals surface area contributed by atoms with Crippen LogP contribution in [0.15, 0.2) is 45.9 Å². The van der Waals surface area contributed by atoms with Gasteiger partial charge < -0.3 is 9.52 Å². The molecule has 0 spiro atoms. The van der Waals surface area contributed by atoms with Gasteiger partial charge in [0, 0.05) is 11.6 Å². The Bertz CT molecular complexity index is 723. The predicted octanol–water partition coefficient (Wildman–Crippen LogP) is 2.43. The normalized spacial score (nSPS) is 14.9. The summed E-state index contributed by atoms with van der Waals surface area (Å²) in [5, 5.41) is 10.6. The molecular weight excluding hydrogens is 314 g/mol. The van der Waals surface area contributed by atoms with Crippen LogP contribution < -0.4 is 4.72 Å². The van der Waals surface area contributed by atoms with Gasteiger partial charge in [-0.2, -0.15) is 0 Å². The van der Waals surface area contributed by atoms with Crippen molar-refractivity contribution in [2.45, 2.75) is 24.3 Å². The van der Waals surface area contributed by atoms with Gasteiger partial charge >= 0.3 is 0 Å². The molecule has 2 N–H and O–H groups in total. The molecule has 1 heterocycles. The Morgan fingerprint density at radius 2 is 2.05 bits per heavy atom. The highest BCUT2D eigenvalue weighted by Gasteiger charge is 2.29. The van der Waals surface area contributed by atoms with Gasteiger partial charge in [0.05, 0.1) is 11.2 Å². The molecule has 0 bridgehead atoms. The molecule has 1 unspecified atom stereocenters. The Balaban J connectivity index is 2.21. The highest BCUT2D eigenvalue weighted by molar-refractivity contribution is 7.89. The smallest absolute Gasteiger partial charge is 0.240 e. The average molecular weight is 330 g/mol. The molecule has 1 atom stereocenters. The van der Waals surface area contributed by atoms with E-state index in [1.54, 1.807) is 31.2 Å². The Labute approximate surface area is 128 Å². The number of furan rings is 1. The fourth-order valence-corrected chi connectivity index (χ4v) is 3.49. The summed E-state index contributed by atoms with van der Waals surface area (Å²) in [4.78, 5) is 0.0882. The monoisotopic (exact) mass is 329 g/mol. The standard InChI is InChI=1S/C14H16ClNO4S/c1-10-11(15)5-3-6-12(10)21(18,19)16-9-14(2,17)13-7-4-8-20-13/h3-8,16-17H,9H2,1-2H3. The Hall–Kier alpha value is -1.34. The van der Waals surface area contributed by atoms with Crippen LogP contribution in [0.2, 0.25) is 5.02 Å². The molecule has 7 heteroatoms. The lowest BCUT2D eigenvalue weighted by molar-refractivity contribution is 0.0395. The van der Waals surface area contributed by atoms with Crippen LogP contribution in [0, 0.1) is 6.92 Å². The second-order valence-electron chi connectivity index (χ2n) is 4.94. The summed E-state index contributed by atoms with van der Waals surface area (Å²) in [5.74, 6) is 0.285. The predicted molar refractivity (Wildman–Crippen MR) is 79.7 cm³/mol. The zero-order valence-electron chi connectivity index (χ0n) is 11.6. The first kappa shape index (κ1) is 16.0. The van der Waals surface area contributed by atoms with Gasteiger partial charge in [-0.3, -0.25) is 0 Å². The number of hydrogen-bond donors (Lipinski definition) is 2. The van der Waals surface area contributed by atoms with Gasteiger partial charge in [0.2, 0.25) is 10.0 Å². The molecule has 0 radical (unpaired) electrons. The van der Waals surface area contributed by atoms with E-state index < -0.39 is 15.6 Å². The number of hydrogen-bond acceptors (Lipinski definition) is 4. The van der Waals surface area contributed by atoms with Crippen LogP contribution in [0.5, 0.6) is 0 Å². The summed E-state index contributed by atoms with van der Waals surface area (Å²) in [6, 6.07) is 7.85. The minimum Gasteiger partial charge on any atom is -0.466 e. The second kappa shape index (κ2) is 5.81. The SMILES string of the molecule is Cc1c(Cl)cccc1S(=O)(=O)NCC(C)(O)c1ccco1. The van der Waals surface area contributed by atoms with Crippen molar-refractivity contribution in [1.82, 2.24) is 4.72 Å². The summed E-state index contributed by atoms with van der Waals surface area (Å²) in [5.41, 5.74) is -0.979. The highest BCUT2D eigenvalue weighted by Crippen LogP contribution is 2.24. The maximum Gasteiger partial charge on any atom is 0.240 e. The van der Waals surface area contributed by atoms with Crippen molar-refractivity contribution in [1.29, 1.82) is 0 Å². The van der Waals surface area contributed by atoms with E-state index in [-0.39, 0.29) is 17.2 Å². The zero-order valence-corrected chi connectivity index (χ0v) is 13.2. The maximum absolute atomic E-state index is 12.3. The third kappa shape index (κ3) is 3.47. The van der Waals surface area contributed by atoms with Crippen molar-refractivity contribution in [3.63, 3.8) is 0 Å². The van der Waals surface area contributed by atoms with Gasteiger partial charge in [-0.25, -0.2) is 13.1 Å². The van der Waals surface area contributed by atoms with Crippen LogP contribution in [-0.2, 0) is 15.6 Å². The number of halogens is 1. The van der Waals surface area contributed by atoms with Gasteiger partial charge in [0.1, 0.15) is 11.4 Å². The van der Waals surface area contributed by atoms with E-state index in [9.17, 15) is 13.5 Å². The molecule has 0 aliphatic rings. The number of nitrogens with one attached hydrogen (secondary N) is 1. The summed E-state index contributed by atoms with van der Waals surface area (Å²) in [6.45, 7) is 2.88. The molecule has 0 amide bonds. The first-order chi connectivity index (χ1) is 9.74. The van der Waals surface area contributed by atoms with E-state index in [0.29, 0.717) is 10.6 Å². The Morgan fingerprint density at radius 1 is 1.33 bits per heavy atom. The lowest BCUT2D eigenvalue weighted by Gasteiger charge is -2.21. The first-order valence-electron chi connectivity index (χ1n) is 6.25. The third-order valence-corrected chi connectivity index (χ3v) is 5.12. The lowest BCUT2D eigenvalue weighted by atomic mass is 10.1. The van der Waals surface area contributed by atoms with Crippen LogP contribution in [0.3, 0.4) is 0 Å². The van der Waals surface area contributed by atoms with Crippen LogP contribution in [0.4, 0.5) is 0 Å². The maximum atomic E-state index is 12.3. The first-order valence-corrected chi connectivity index (χ1v) is 8.11. The van der Waals surface area contributed by atoms with E-state index in [1.807, 2.05) is 0 Å². The van der Waals surface area contributed by atoms with E-state index in [2.05, 4.69) is 4.72 Å². The van der Waals surface area contributed by atoms with Crippen LogP contribution in [0.25, 0.3) is 0 Å². The van der Waals surface area contributed by atoms with Crippen molar-refractivity contribution in [2.75, 3.05) is 6.54 Å². The van der Waals surface area contributed by atoms with Gasteiger partial charge in [0.15, 0.2) is 0 Å². The number of aliphatic hydroxyl groups is 1. The Kier molecular flexibility index (Phi) is 4.43. The molecular formula is C14H16ClNO4S. The highest BCUT2D eigenvalue weighted by atomic mass is 35.5. The van der Waals surface area contributed by atoms with Crippen LogP contribution in [0.1, 0.15) is 18.2 Å². The Morgan fingerprint density at radius 3 is 2.67 bits per heavy atom. The zero-order chi connectivity index (χ0) is 15.7. The molecule has 5 nitrogen and oxygen atoms in total. The number of sulfonamides is 1. The van der Waals surface area contributed by atoms with Crippen molar-refractivity contribution in [3.05, 3.63) is 52.9 Å². The molecule has 0 aliphatic carbocycles. The largest absolute Gasteiger partial charge is 0.466 e. The molecule has 1 aromatic carbocycles. The fraction of sp³-hybridized carbons (Fsp3) is 0.286. The summed E-state index contributed by atoms with van der Waals surface area (Å²) < 4.78 is 32.1. The van der Waals surface area contributed by atoms with E-state index >= 15 is 0 Å². The van der Waals surface area contributed by atoms with E-state index in [4.69, 9.17) is 16.0 Å². The average Bonchev–Trinajstić information content (AvgIpc) is 2.94. The van der Waals surface area contributed by atoms with Gasteiger partial charge in [-0.15, -0.1) is 0 Å². The van der Waals surface area contributed by atoms with Gasteiger partial charge in [-0.05, 0) is 43.7 Å². The summed E-state index contributed by atoms with van der Waals surface area (Å²) >= 11 is 5.93. The van der Waals surface area contributed by atoms with Crippen molar-refractivity contribution in [3.8, 4) is 0 Å². The molecule has 1 aromatic heterocycles. The minimum absolute atomic E-state index is 0.0882. The van der Waals surface area contributed by atoms with Crippen molar-refractivity contribution >= 4 is 21.6 Å². The quantitative estimate of drug-likeness (QED) is 0.883. The number of benzene rings is 1. The van der Waals surface area contributed by atoms with Crippen LogP contribution >= 0.6 is 11.6 Å². The molecule has 0 fully saturated rings. The summed E-state index contributed by atoms with van der Waals surface area (Å²) in [7, 11) is -3.77. The summed E-state index contributed by atoms with van der Waals surface area (Å²) in [6.07, 6.45) is 1.42. The fourth-order valence-electron chi connectivity index (χ4n) is 1.86. The minimum atomic E-state index is -3.77. The second-order valence-corrected chi connectivity index (χ2v) is 7.08. The molecule has 0 saturated carbocycles. The van der Waals surface area contributed by atoms with Crippen molar-refractivity contribution in [2.24, 2.45) is 0 Å². The molecule has 2 aromatic rings. The van der Waals surface area contributed by atoms with E-state index in [1.165, 1.54) is 19.3 Å². The van der Waals surface area contributed by atoms with Gasteiger partial charge in [-0.1, -0.05) is 17.7 Å². The van der Waals surface area contributed by atoms with Crippen molar-refractivity contribution < 1.29 is 17.9 Å². The molecule has 114 valence electrons. The lowest BCUT2D eigenvalue weighted by Crippen LogP contribution is -2.38.